The highest BCUT2D eigenvalue weighted by molar-refractivity contribution is 6.30. The Labute approximate surface area is 150 Å². The van der Waals surface area contributed by atoms with Gasteiger partial charge in [-0.25, -0.2) is 0 Å². The third kappa shape index (κ3) is 4.71. The highest BCUT2D eigenvalue weighted by atomic mass is 35.5. The maximum Gasteiger partial charge on any atom is 0.236 e. The molecule has 0 radical (unpaired) electrons. The number of amides is 1. The van der Waals surface area contributed by atoms with E-state index in [0.717, 1.165) is 57.1 Å². The summed E-state index contributed by atoms with van der Waals surface area (Å²) in [5, 5.41) is 0.799. The lowest BCUT2D eigenvalue weighted by Crippen LogP contribution is -2.51. The molecule has 2 aliphatic rings. The molecule has 4 nitrogen and oxygen atoms in total. The maximum absolute atomic E-state index is 12.5. The average molecular weight is 350 g/mol. The molecule has 0 saturated carbocycles. The minimum absolute atomic E-state index is 0.311. The smallest absolute Gasteiger partial charge is 0.236 e. The first-order valence-electron chi connectivity index (χ1n) is 9.10. The number of likely N-dealkylation sites (tertiary alicyclic amines) is 1. The standard InChI is InChI=1S/C19H28ClN3O/c1-16-5-2-3-8-23(16)19(24)15-22-11-9-21(10-12-22)14-17-6-4-7-18(20)13-17/h4,6-7,13,16H,2-3,5,8-12,14-15H2,1H3. The number of carbonyl (C=O) groups excluding carboxylic acids is 1. The SMILES string of the molecule is CC1CCCCN1C(=O)CN1CCN(Cc2cccc(Cl)c2)CC1. The molecule has 0 bridgehead atoms. The van der Waals surface area contributed by atoms with E-state index >= 15 is 0 Å². The topological polar surface area (TPSA) is 26.8 Å². The van der Waals surface area contributed by atoms with E-state index in [2.05, 4.69) is 27.7 Å². The van der Waals surface area contributed by atoms with Crippen LogP contribution in [0.4, 0.5) is 0 Å². The van der Waals surface area contributed by atoms with Crippen molar-refractivity contribution in [1.82, 2.24) is 14.7 Å². The Hall–Kier alpha value is -1.10. The number of benzene rings is 1. The monoisotopic (exact) mass is 349 g/mol. The van der Waals surface area contributed by atoms with Crippen LogP contribution >= 0.6 is 11.6 Å². The number of hydrogen-bond acceptors (Lipinski definition) is 3. The summed E-state index contributed by atoms with van der Waals surface area (Å²) in [7, 11) is 0. The van der Waals surface area contributed by atoms with Gasteiger partial charge in [0, 0.05) is 50.3 Å². The van der Waals surface area contributed by atoms with E-state index in [1.54, 1.807) is 0 Å². The van der Waals surface area contributed by atoms with Gasteiger partial charge in [-0.3, -0.25) is 14.6 Å². The van der Waals surface area contributed by atoms with E-state index in [4.69, 9.17) is 11.6 Å². The minimum atomic E-state index is 0.311. The summed E-state index contributed by atoms with van der Waals surface area (Å²) >= 11 is 6.06. The molecule has 132 valence electrons. The molecule has 5 heteroatoms. The second-order valence-electron chi connectivity index (χ2n) is 7.11. The molecule has 1 unspecified atom stereocenters. The van der Waals surface area contributed by atoms with Crippen molar-refractivity contribution in [2.24, 2.45) is 0 Å². The van der Waals surface area contributed by atoms with Gasteiger partial charge >= 0.3 is 0 Å². The maximum atomic E-state index is 12.5. The van der Waals surface area contributed by atoms with Gasteiger partial charge in [0.2, 0.25) is 5.91 Å². The number of halogens is 1. The molecule has 1 atom stereocenters. The Kier molecular flexibility index (Phi) is 6.14. The molecule has 3 rings (SSSR count). The van der Waals surface area contributed by atoms with Crippen LogP contribution in [-0.2, 0) is 11.3 Å². The first-order chi connectivity index (χ1) is 11.6. The van der Waals surface area contributed by atoms with E-state index in [9.17, 15) is 4.79 Å². The van der Waals surface area contributed by atoms with Crippen molar-refractivity contribution >= 4 is 17.5 Å². The molecule has 0 N–H and O–H groups in total. The van der Waals surface area contributed by atoms with Crippen molar-refractivity contribution in [3.05, 3.63) is 34.9 Å². The van der Waals surface area contributed by atoms with E-state index in [1.165, 1.54) is 12.0 Å². The van der Waals surface area contributed by atoms with Gasteiger partial charge < -0.3 is 4.90 Å². The van der Waals surface area contributed by atoms with Crippen molar-refractivity contribution in [2.75, 3.05) is 39.3 Å². The van der Waals surface area contributed by atoms with Crippen molar-refractivity contribution in [3.8, 4) is 0 Å². The van der Waals surface area contributed by atoms with Crippen LogP contribution < -0.4 is 0 Å². The fourth-order valence-corrected chi connectivity index (χ4v) is 3.96. The molecule has 2 heterocycles. The zero-order valence-corrected chi connectivity index (χ0v) is 15.3. The van der Waals surface area contributed by atoms with Gasteiger partial charge in [0.15, 0.2) is 0 Å². The summed E-state index contributed by atoms with van der Waals surface area (Å²) < 4.78 is 0. The molecule has 1 aromatic carbocycles. The van der Waals surface area contributed by atoms with Crippen LogP contribution in [-0.4, -0.2) is 65.9 Å². The van der Waals surface area contributed by atoms with Gasteiger partial charge in [-0.2, -0.15) is 0 Å². The fourth-order valence-electron chi connectivity index (χ4n) is 3.75. The van der Waals surface area contributed by atoms with E-state index in [-0.39, 0.29) is 0 Å². The second kappa shape index (κ2) is 8.32. The Morgan fingerprint density at radius 2 is 1.88 bits per heavy atom. The molecule has 0 aliphatic carbocycles. The highest BCUT2D eigenvalue weighted by Crippen LogP contribution is 2.17. The van der Waals surface area contributed by atoms with Gasteiger partial charge in [0.05, 0.1) is 6.54 Å². The van der Waals surface area contributed by atoms with Gasteiger partial charge in [0.25, 0.3) is 0 Å². The lowest BCUT2D eigenvalue weighted by Gasteiger charge is -2.38. The van der Waals surface area contributed by atoms with Crippen LogP contribution in [0.1, 0.15) is 31.7 Å². The molecule has 2 fully saturated rings. The fraction of sp³-hybridized carbons (Fsp3) is 0.632. The average Bonchev–Trinajstić information content (AvgIpc) is 2.57. The van der Waals surface area contributed by atoms with E-state index in [1.807, 2.05) is 18.2 Å². The van der Waals surface area contributed by atoms with Crippen LogP contribution in [0.15, 0.2) is 24.3 Å². The lowest BCUT2D eigenvalue weighted by atomic mass is 10.0. The largest absolute Gasteiger partial charge is 0.339 e. The molecule has 0 spiro atoms. The summed E-state index contributed by atoms with van der Waals surface area (Å²) in [6, 6.07) is 8.49. The quantitative estimate of drug-likeness (QED) is 0.836. The Morgan fingerprint density at radius 1 is 1.12 bits per heavy atom. The normalized spacial score (nSPS) is 23.4. The lowest BCUT2D eigenvalue weighted by molar-refractivity contribution is -0.136. The van der Waals surface area contributed by atoms with Gasteiger partial charge in [-0.15, -0.1) is 0 Å². The summed E-state index contributed by atoms with van der Waals surface area (Å²) in [4.78, 5) is 19.4. The van der Waals surface area contributed by atoms with Gasteiger partial charge in [-0.05, 0) is 43.9 Å². The minimum Gasteiger partial charge on any atom is -0.339 e. The number of piperidine rings is 1. The highest BCUT2D eigenvalue weighted by Gasteiger charge is 2.26. The Morgan fingerprint density at radius 3 is 2.58 bits per heavy atom. The molecule has 1 amide bonds. The first kappa shape index (κ1) is 17.7. The Balaban J connectivity index is 1.44. The van der Waals surface area contributed by atoms with Crippen LogP contribution in [0.2, 0.25) is 5.02 Å². The van der Waals surface area contributed by atoms with Crippen molar-refractivity contribution in [3.63, 3.8) is 0 Å². The molecule has 2 aliphatic heterocycles. The molecular formula is C19H28ClN3O. The number of hydrogen-bond donors (Lipinski definition) is 0. The van der Waals surface area contributed by atoms with Crippen molar-refractivity contribution in [1.29, 1.82) is 0 Å². The van der Waals surface area contributed by atoms with Crippen LogP contribution in [0.25, 0.3) is 0 Å². The number of carbonyl (C=O) groups is 1. The zero-order valence-electron chi connectivity index (χ0n) is 14.6. The predicted octanol–water partition coefficient (Wildman–Crippen LogP) is 2.86. The van der Waals surface area contributed by atoms with Gasteiger partial charge in [-0.1, -0.05) is 23.7 Å². The van der Waals surface area contributed by atoms with Crippen molar-refractivity contribution in [2.45, 2.75) is 38.8 Å². The third-order valence-electron chi connectivity index (χ3n) is 5.24. The summed E-state index contributed by atoms with van der Waals surface area (Å²) in [6.45, 7) is 8.59. The molecule has 1 aromatic rings. The van der Waals surface area contributed by atoms with E-state index in [0.29, 0.717) is 18.5 Å². The molecule has 2 saturated heterocycles. The number of piperazine rings is 1. The summed E-state index contributed by atoms with van der Waals surface area (Å²) in [5.74, 6) is 0.311. The second-order valence-corrected chi connectivity index (χ2v) is 7.55. The third-order valence-corrected chi connectivity index (χ3v) is 5.48. The van der Waals surface area contributed by atoms with Gasteiger partial charge in [0.1, 0.15) is 0 Å². The van der Waals surface area contributed by atoms with Crippen molar-refractivity contribution < 1.29 is 4.79 Å². The van der Waals surface area contributed by atoms with E-state index < -0.39 is 0 Å². The zero-order chi connectivity index (χ0) is 16.9. The number of rotatable bonds is 4. The predicted molar refractivity (Wildman–Crippen MR) is 98.2 cm³/mol. The summed E-state index contributed by atoms with van der Waals surface area (Å²) in [6.07, 6.45) is 3.57. The molecular weight excluding hydrogens is 322 g/mol. The molecule has 0 aromatic heterocycles. The van der Waals surface area contributed by atoms with Crippen LogP contribution in [0.5, 0.6) is 0 Å². The summed E-state index contributed by atoms with van der Waals surface area (Å²) in [5.41, 5.74) is 1.26. The number of nitrogens with zero attached hydrogens (tertiary/aromatic N) is 3. The molecule has 24 heavy (non-hydrogen) atoms. The van der Waals surface area contributed by atoms with Crippen LogP contribution in [0, 0.1) is 0 Å². The Bertz CT molecular complexity index is 557. The van der Waals surface area contributed by atoms with Crippen LogP contribution in [0.3, 0.4) is 0 Å². The first-order valence-corrected chi connectivity index (χ1v) is 9.48.